The van der Waals surface area contributed by atoms with Crippen molar-refractivity contribution >= 4 is 13.4 Å². The van der Waals surface area contributed by atoms with Crippen LogP contribution in [0.1, 0.15) is 39.0 Å². The molecule has 0 unspecified atom stereocenters. The van der Waals surface area contributed by atoms with Crippen molar-refractivity contribution in [2.24, 2.45) is 0 Å². The Labute approximate surface area is 103 Å². The van der Waals surface area contributed by atoms with E-state index in [0.29, 0.717) is 0 Å². The molecule has 0 bridgehead atoms. The number of allylic oxidation sites excluding steroid dienone is 2. The van der Waals surface area contributed by atoms with Gasteiger partial charge in [-0.2, -0.15) is 0 Å². The highest BCUT2D eigenvalue weighted by Crippen LogP contribution is 2.47. The van der Waals surface area contributed by atoms with Gasteiger partial charge in [0.2, 0.25) is 0 Å². The molecule has 98 valence electrons. The van der Waals surface area contributed by atoms with Gasteiger partial charge >= 0.3 is 7.60 Å². The molecule has 0 saturated heterocycles. The van der Waals surface area contributed by atoms with Gasteiger partial charge in [0.15, 0.2) is 5.78 Å². The Bertz CT molecular complexity index is 352. The predicted octanol–water partition coefficient (Wildman–Crippen LogP) is 3.32. The molecule has 0 atom stereocenters. The maximum absolute atomic E-state index is 12.1. The van der Waals surface area contributed by atoms with E-state index in [1.807, 2.05) is 6.92 Å². The van der Waals surface area contributed by atoms with Crippen LogP contribution in [0, 0.1) is 0 Å². The van der Waals surface area contributed by atoms with E-state index in [1.165, 1.54) is 14.2 Å². The lowest BCUT2D eigenvalue weighted by Crippen LogP contribution is -2.12. The second-order valence-corrected chi connectivity index (χ2v) is 6.65. The first-order chi connectivity index (χ1) is 8.02. The van der Waals surface area contributed by atoms with Crippen molar-refractivity contribution in [3.8, 4) is 0 Å². The topological polar surface area (TPSA) is 52.6 Å². The zero-order chi connectivity index (χ0) is 12.9. The van der Waals surface area contributed by atoms with Gasteiger partial charge in [0, 0.05) is 14.2 Å². The summed E-state index contributed by atoms with van der Waals surface area (Å²) in [5, 5.41) is 0. The molecule has 5 heteroatoms. The Balaban J connectivity index is 2.78. The van der Waals surface area contributed by atoms with Gasteiger partial charge in [0.1, 0.15) is 6.16 Å². The van der Waals surface area contributed by atoms with Crippen molar-refractivity contribution in [1.82, 2.24) is 0 Å². The molecule has 0 aromatic heterocycles. The van der Waals surface area contributed by atoms with Crippen LogP contribution in [-0.4, -0.2) is 26.2 Å². The van der Waals surface area contributed by atoms with Crippen LogP contribution in [-0.2, 0) is 18.4 Å². The second kappa shape index (κ2) is 6.48. The summed E-state index contributed by atoms with van der Waals surface area (Å²) >= 11 is 0. The zero-order valence-electron chi connectivity index (χ0n) is 10.8. The molecule has 0 saturated carbocycles. The van der Waals surface area contributed by atoms with E-state index in [4.69, 9.17) is 9.05 Å². The van der Waals surface area contributed by atoms with Crippen molar-refractivity contribution in [2.75, 3.05) is 20.4 Å². The quantitative estimate of drug-likeness (QED) is 0.711. The smallest absolute Gasteiger partial charge is 0.312 e. The molecule has 0 aliphatic heterocycles. The summed E-state index contributed by atoms with van der Waals surface area (Å²) in [5.74, 6) is -0.0866. The van der Waals surface area contributed by atoms with Crippen LogP contribution in [0.4, 0.5) is 0 Å². The Morgan fingerprint density at radius 1 is 1.18 bits per heavy atom. The Morgan fingerprint density at radius 3 is 2.35 bits per heavy atom. The molecule has 0 aromatic carbocycles. The van der Waals surface area contributed by atoms with Crippen LogP contribution in [0.25, 0.3) is 0 Å². The summed E-state index contributed by atoms with van der Waals surface area (Å²) < 4.78 is 21.5. The monoisotopic (exact) mass is 260 g/mol. The summed E-state index contributed by atoms with van der Waals surface area (Å²) in [6.45, 7) is 1.99. The molecule has 1 rings (SSSR count). The van der Waals surface area contributed by atoms with E-state index in [9.17, 15) is 9.36 Å². The van der Waals surface area contributed by atoms with Crippen molar-refractivity contribution in [3.63, 3.8) is 0 Å². The maximum atomic E-state index is 12.1. The van der Waals surface area contributed by atoms with Gasteiger partial charge in [-0.3, -0.25) is 9.36 Å². The van der Waals surface area contributed by atoms with Gasteiger partial charge in [-0.25, -0.2) is 0 Å². The van der Waals surface area contributed by atoms with Crippen LogP contribution in [0.5, 0.6) is 0 Å². The summed E-state index contributed by atoms with van der Waals surface area (Å²) in [4.78, 5) is 12.1. The van der Waals surface area contributed by atoms with Gasteiger partial charge in [-0.1, -0.05) is 12.0 Å². The lowest BCUT2D eigenvalue weighted by molar-refractivity contribution is -0.113. The molecule has 0 spiro atoms. The largest absolute Gasteiger partial charge is 0.337 e. The van der Waals surface area contributed by atoms with Gasteiger partial charge in [0.05, 0.1) is 0 Å². The molecule has 4 nitrogen and oxygen atoms in total. The fraction of sp³-hybridized carbons (Fsp3) is 0.750. The minimum Gasteiger partial charge on any atom is -0.312 e. The molecule has 0 fully saturated rings. The van der Waals surface area contributed by atoms with Gasteiger partial charge in [-0.05, 0) is 38.2 Å². The fourth-order valence-electron chi connectivity index (χ4n) is 2.09. The highest BCUT2D eigenvalue weighted by molar-refractivity contribution is 7.54. The van der Waals surface area contributed by atoms with Gasteiger partial charge < -0.3 is 9.05 Å². The average molecular weight is 260 g/mol. The van der Waals surface area contributed by atoms with Crippen LogP contribution in [0.3, 0.4) is 0 Å². The molecule has 0 N–H and O–H groups in total. The summed E-state index contributed by atoms with van der Waals surface area (Å²) in [6, 6.07) is 0. The maximum Gasteiger partial charge on any atom is 0.337 e. The van der Waals surface area contributed by atoms with E-state index in [-0.39, 0.29) is 11.9 Å². The Morgan fingerprint density at radius 2 is 1.76 bits per heavy atom. The first-order valence-corrected chi connectivity index (χ1v) is 7.67. The molecule has 0 radical (unpaired) electrons. The first kappa shape index (κ1) is 14.6. The van der Waals surface area contributed by atoms with E-state index in [1.54, 1.807) is 0 Å². The third-order valence-corrected chi connectivity index (χ3v) is 5.01. The van der Waals surface area contributed by atoms with Gasteiger partial charge in [-0.15, -0.1) is 0 Å². The molecular weight excluding hydrogens is 239 g/mol. The van der Waals surface area contributed by atoms with Crippen LogP contribution < -0.4 is 0 Å². The average Bonchev–Trinajstić information content (AvgIpc) is 2.53. The van der Waals surface area contributed by atoms with Crippen molar-refractivity contribution in [3.05, 3.63) is 11.1 Å². The summed E-state index contributed by atoms with van der Waals surface area (Å²) in [7, 11) is -0.606. The van der Waals surface area contributed by atoms with Crippen LogP contribution in [0.15, 0.2) is 11.1 Å². The minimum absolute atomic E-state index is 0.0866. The normalized spacial score (nSPS) is 18.1. The summed E-state index contributed by atoms with van der Waals surface area (Å²) in [5.41, 5.74) is 1.96. The van der Waals surface area contributed by atoms with Crippen LogP contribution in [0.2, 0.25) is 0 Å². The number of carbonyl (C=O) groups excluding carboxylic acids is 1. The number of rotatable bonds is 5. The highest BCUT2D eigenvalue weighted by atomic mass is 31.2. The van der Waals surface area contributed by atoms with E-state index in [0.717, 1.165) is 43.3 Å². The summed E-state index contributed by atoms with van der Waals surface area (Å²) in [6.07, 6.45) is 4.92. The number of ketones is 1. The minimum atomic E-state index is -3.23. The van der Waals surface area contributed by atoms with Crippen molar-refractivity contribution in [1.29, 1.82) is 0 Å². The molecule has 17 heavy (non-hydrogen) atoms. The highest BCUT2D eigenvalue weighted by Gasteiger charge is 2.28. The number of hydrogen-bond donors (Lipinski definition) is 0. The molecule has 0 heterocycles. The second-order valence-electron chi connectivity index (χ2n) is 4.38. The SMILES string of the molecule is COP(=O)(CC(=O)C1=C(C)CCCCC1)OC. The van der Waals surface area contributed by atoms with Crippen molar-refractivity contribution < 1.29 is 18.4 Å². The molecular formula is C12H21O4P. The third-order valence-electron chi connectivity index (χ3n) is 3.22. The molecule has 0 amide bonds. The lowest BCUT2D eigenvalue weighted by atomic mass is 10.0. The van der Waals surface area contributed by atoms with Crippen molar-refractivity contribution in [2.45, 2.75) is 39.0 Å². The Kier molecular flexibility index (Phi) is 5.57. The fourth-order valence-corrected chi connectivity index (χ4v) is 3.04. The molecule has 1 aliphatic carbocycles. The third kappa shape index (κ3) is 4.06. The Hall–Kier alpha value is -0.440. The number of carbonyl (C=O) groups is 1. The standard InChI is InChI=1S/C12H21O4P/c1-10-7-5-4-6-8-11(10)12(13)9-17(14,15-2)16-3/h4-9H2,1-3H3. The van der Waals surface area contributed by atoms with E-state index < -0.39 is 7.60 Å². The first-order valence-electron chi connectivity index (χ1n) is 5.95. The van der Waals surface area contributed by atoms with Gasteiger partial charge in [0.25, 0.3) is 0 Å². The zero-order valence-corrected chi connectivity index (χ0v) is 11.7. The van der Waals surface area contributed by atoms with Crippen LogP contribution >= 0.6 is 7.60 Å². The molecule has 0 aromatic rings. The number of hydrogen-bond acceptors (Lipinski definition) is 4. The van der Waals surface area contributed by atoms with E-state index in [2.05, 4.69) is 0 Å². The van der Waals surface area contributed by atoms with E-state index >= 15 is 0 Å². The predicted molar refractivity (Wildman–Crippen MR) is 67.3 cm³/mol. The molecule has 1 aliphatic rings. The lowest BCUT2D eigenvalue weighted by Gasteiger charge is -2.14. The number of Topliss-reactive ketones (excluding diaryl/α,β-unsaturated/α-hetero) is 1.